The summed E-state index contributed by atoms with van der Waals surface area (Å²) in [5, 5.41) is 10.6. The van der Waals surface area contributed by atoms with Crippen molar-refractivity contribution in [1.82, 2.24) is 0 Å². The third-order valence-corrected chi connectivity index (χ3v) is 22.0. The molecule has 0 amide bonds. The van der Waals surface area contributed by atoms with Crippen LogP contribution in [-0.4, -0.2) is 29.6 Å². The van der Waals surface area contributed by atoms with Crippen LogP contribution in [0.2, 0.25) is 13.3 Å². The van der Waals surface area contributed by atoms with Gasteiger partial charge < -0.3 is 0 Å². The summed E-state index contributed by atoms with van der Waals surface area (Å²) >= 11 is -2.32. The first-order valence-corrected chi connectivity index (χ1v) is 18.9. The first-order valence-electron chi connectivity index (χ1n) is 11.4. The maximum absolute atomic E-state index is 10.6. The fourth-order valence-electron chi connectivity index (χ4n) is 4.04. The zero-order valence-corrected chi connectivity index (χ0v) is 20.9. The molecule has 0 rings (SSSR count). The Bertz CT molecular complexity index is 291. The van der Waals surface area contributed by atoms with Crippen molar-refractivity contribution in [1.29, 1.82) is 0 Å². The Hall–Kier alpha value is 0.499. The van der Waals surface area contributed by atoms with E-state index in [2.05, 4.69) is 34.3 Å². The third-order valence-electron chi connectivity index (χ3n) is 5.90. The van der Waals surface area contributed by atoms with Crippen LogP contribution in [0.5, 0.6) is 0 Å². The Kier molecular flexibility index (Phi) is 17.0. The van der Waals surface area contributed by atoms with Crippen molar-refractivity contribution in [2.24, 2.45) is 0 Å². The molecule has 0 aliphatic rings. The van der Waals surface area contributed by atoms with Crippen LogP contribution < -0.4 is 0 Å². The first-order chi connectivity index (χ1) is 12.1. The monoisotopic (exact) mass is 460 g/mol. The van der Waals surface area contributed by atoms with Crippen molar-refractivity contribution >= 4 is 18.4 Å². The van der Waals surface area contributed by atoms with Gasteiger partial charge in [-0.05, 0) is 0 Å². The molecular weight excluding hydrogens is 411 g/mol. The Balaban J connectivity index is 4.68. The van der Waals surface area contributed by atoms with Gasteiger partial charge in [0.05, 0.1) is 0 Å². The quantitative estimate of drug-likeness (QED) is 0.162. The van der Waals surface area contributed by atoms with Crippen LogP contribution in [0.1, 0.15) is 111 Å². The molecule has 1 nitrogen and oxygen atoms in total. The summed E-state index contributed by atoms with van der Waals surface area (Å²) in [4.78, 5) is 0. The second-order valence-electron chi connectivity index (χ2n) is 8.26. The second-order valence-corrected chi connectivity index (χ2v) is 21.9. The van der Waals surface area contributed by atoms with Gasteiger partial charge in [-0.3, -0.25) is 0 Å². The molecule has 0 spiro atoms. The zero-order valence-electron chi connectivity index (χ0n) is 18.0. The van der Waals surface area contributed by atoms with E-state index in [1.165, 1.54) is 83.9 Å². The van der Waals surface area contributed by atoms with E-state index in [0.717, 1.165) is 12.8 Å². The number of hydrogen-bond acceptors (Lipinski definition) is 1. The number of aliphatic hydroxyl groups is 1. The molecule has 1 unspecified atom stereocenters. The Morgan fingerprint density at radius 1 is 0.720 bits per heavy atom. The fraction of sp³-hybridized carbons (Fsp3) is 0.913. The van der Waals surface area contributed by atoms with Crippen molar-refractivity contribution in [3.8, 4) is 0 Å². The number of aliphatic hydroxyl groups excluding tert-OH is 1. The van der Waals surface area contributed by atoms with E-state index < -0.39 is 18.4 Å². The molecule has 1 N–H and O–H groups in total. The van der Waals surface area contributed by atoms with E-state index in [-0.39, 0.29) is 6.10 Å². The van der Waals surface area contributed by atoms with Crippen molar-refractivity contribution in [3.63, 3.8) is 0 Å². The predicted octanol–water partition coefficient (Wildman–Crippen LogP) is 8.04. The summed E-state index contributed by atoms with van der Waals surface area (Å²) in [5.41, 5.74) is 0. The number of hydrogen-bond donors (Lipinski definition) is 1. The van der Waals surface area contributed by atoms with E-state index in [0.29, 0.717) is 0 Å². The molecular formula is C23H48OSn. The molecule has 1 atom stereocenters. The standard InChI is InChI=1S/C11H21O.3C4H9.Sn/c1-3-5-6-7-8-10-11(12)9-4-2;3*1-3-4-2;/h11-12H,2-3,5-10H2,1H3;3*1,3-4H2,2H3;. The van der Waals surface area contributed by atoms with E-state index in [9.17, 15) is 5.11 Å². The molecule has 0 aromatic heterocycles. The molecule has 25 heavy (non-hydrogen) atoms. The molecule has 0 aliphatic heterocycles. The van der Waals surface area contributed by atoms with Crippen molar-refractivity contribution in [2.75, 3.05) is 0 Å². The van der Waals surface area contributed by atoms with Crippen LogP contribution in [-0.2, 0) is 0 Å². The molecule has 0 radical (unpaired) electrons. The maximum atomic E-state index is 10.6. The molecule has 0 heterocycles. The topological polar surface area (TPSA) is 20.2 Å². The zero-order chi connectivity index (χ0) is 19.0. The normalized spacial score (nSPS) is 13.2. The van der Waals surface area contributed by atoms with Gasteiger partial charge in [0.2, 0.25) is 0 Å². The summed E-state index contributed by atoms with van der Waals surface area (Å²) in [7, 11) is 0. The van der Waals surface area contributed by atoms with Gasteiger partial charge in [0.15, 0.2) is 0 Å². The minimum absolute atomic E-state index is 0.130. The fourth-order valence-corrected chi connectivity index (χ4v) is 19.9. The van der Waals surface area contributed by atoms with Gasteiger partial charge in [0.1, 0.15) is 0 Å². The van der Waals surface area contributed by atoms with Crippen LogP contribution in [0.4, 0.5) is 0 Å². The second kappa shape index (κ2) is 16.7. The van der Waals surface area contributed by atoms with Crippen molar-refractivity contribution in [2.45, 2.75) is 131 Å². The van der Waals surface area contributed by atoms with Gasteiger partial charge in [-0.25, -0.2) is 0 Å². The van der Waals surface area contributed by atoms with Gasteiger partial charge in [-0.15, -0.1) is 0 Å². The van der Waals surface area contributed by atoms with Gasteiger partial charge in [0, 0.05) is 0 Å². The molecule has 0 aromatic rings. The van der Waals surface area contributed by atoms with E-state index in [1.807, 2.05) is 0 Å². The Labute approximate surface area is 163 Å². The first kappa shape index (κ1) is 25.5. The number of unbranched alkanes of at least 4 members (excludes halogenated alkanes) is 7. The van der Waals surface area contributed by atoms with E-state index in [4.69, 9.17) is 0 Å². The molecule has 2 heteroatoms. The van der Waals surface area contributed by atoms with Crippen LogP contribution in [0, 0.1) is 0 Å². The predicted molar refractivity (Wildman–Crippen MR) is 118 cm³/mol. The minimum atomic E-state index is -2.32. The Morgan fingerprint density at radius 2 is 1.16 bits per heavy atom. The summed E-state index contributed by atoms with van der Waals surface area (Å²) in [5.74, 6) is 0. The molecule has 150 valence electrons. The van der Waals surface area contributed by atoms with Crippen LogP contribution >= 0.6 is 0 Å². The summed E-state index contributed by atoms with van der Waals surface area (Å²) in [6.45, 7) is 13.8. The molecule has 0 aromatic carbocycles. The molecule has 0 saturated heterocycles. The SMILES string of the molecule is C=[C](CC(O)CCCCCCC)[Sn]([CH2]CCC)([CH2]CCC)[CH2]CCC. The molecule has 0 aliphatic carbocycles. The third kappa shape index (κ3) is 11.7. The number of rotatable bonds is 18. The summed E-state index contributed by atoms with van der Waals surface area (Å²) < 4.78 is 6.00. The molecule has 0 fully saturated rings. The average Bonchev–Trinajstić information content (AvgIpc) is 2.61. The van der Waals surface area contributed by atoms with E-state index in [1.54, 1.807) is 3.59 Å². The van der Waals surface area contributed by atoms with Crippen LogP contribution in [0.3, 0.4) is 0 Å². The van der Waals surface area contributed by atoms with Gasteiger partial charge in [-0.2, -0.15) is 0 Å². The van der Waals surface area contributed by atoms with E-state index >= 15 is 0 Å². The van der Waals surface area contributed by atoms with Gasteiger partial charge >= 0.3 is 164 Å². The van der Waals surface area contributed by atoms with Crippen LogP contribution in [0.15, 0.2) is 10.2 Å². The van der Waals surface area contributed by atoms with Crippen molar-refractivity contribution in [3.05, 3.63) is 10.2 Å². The molecule has 0 bridgehead atoms. The Morgan fingerprint density at radius 3 is 1.60 bits per heavy atom. The summed E-state index contributed by atoms with van der Waals surface area (Å²) in [6, 6.07) is 0. The van der Waals surface area contributed by atoms with Gasteiger partial charge in [0.25, 0.3) is 0 Å². The van der Waals surface area contributed by atoms with Crippen molar-refractivity contribution < 1.29 is 5.11 Å². The molecule has 0 saturated carbocycles. The average molecular weight is 459 g/mol. The van der Waals surface area contributed by atoms with Crippen LogP contribution in [0.25, 0.3) is 0 Å². The summed E-state index contributed by atoms with van der Waals surface area (Å²) in [6.07, 6.45) is 16.3. The van der Waals surface area contributed by atoms with Gasteiger partial charge in [-0.1, -0.05) is 0 Å².